The van der Waals surface area contributed by atoms with Crippen molar-refractivity contribution in [2.24, 2.45) is 5.92 Å². The van der Waals surface area contributed by atoms with E-state index in [9.17, 15) is 9.59 Å². The van der Waals surface area contributed by atoms with E-state index in [0.717, 1.165) is 38.8 Å². The van der Waals surface area contributed by atoms with E-state index in [2.05, 4.69) is 10.3 Å². The molecule has 1 aliphatic heterocycles. The Bertz CT molecular complexity index is 624. The molecule has 1 saturated carbocycles. The predicted molar refractivity (Wildman–Crippen MR) is 103 cm³/mol. The smallest absolute Gasteiger partial charge is 0.276 e. The van der Waals surface area contributed by atoms with Gasteiger partial charge in [-0.2, -0.15) is 0 Å². The second-order valence-electron chi connectivity index (χ2n) is 7.81. The van der Waals surface area contributed by atoms with Gasteiger partial charge in [0.25, 0.3) is 5.91 Å². The fourth-order valence-corrected chi connectivity index (χ4v) is 4.36. The highest BCUT2D eigenvalue weighted by Gasteiger charge is 2.30. The first-order valence-electron chi connectivity index (χ1n) is 10.6. The number of hydrogen-bond donors (Lipinski definition) is 0. The maximum atomic E-state index is 12.8. The van der Waals surface area contributed by atoms with Crippen molar-refractivity contribution >= 4 is 11.8 Å². The lowest BCUT2D eigenvalue weighted by Crippen LogP contribution is -2.44. The van der Waals surface area contributed by atoms with Crippen molar-refractivity contribution in [2.45, 2.75) is 71.3 Å². The van der Waals surface area contributed by atoms with Crippen molar-refractivity contribution in [3.05, 3.63) is 11.9 Å². The summed E-state index contributed by atoms with van der Waals surface area (Å²) in [6, 6.07) is 0.374. The number of piperidine rings is 1. The van der Waals surface area contributed by atoms with Gasteiger partial charge in [0.05, 0.1) is 12.2 Å². The number of hydrogen-bond acceptors (Lipinski definition) is 4. The van der Waals surface area contributed by atoms with Crippen molar-refractivity contribution in [1.82, 2.24) is 24.8 Å². The zero-order valence-electron chi connectivity index (χ0n) is 16.8. The lowest BCUT2D eigenvalue weighted by molar-refractivity contribution is -0.136. The molecule has 27 heavy (non-hydrogen) atoms. The van der Waals surface area contributed by atoms with Crippen LogP contribution in [0.5, 0.6) is 0 Å². The fourth-order valence-electron chi connectivity index (χ4n) is 4.36. The third-order valence-electron chi connectivity index (χ3n) is 6.13. The van der Waals surface area contributed by atoms with Gasteiger partial charge in [0.2, 0.25) is 5.91 Å². The van der Waals surface area contributed by atoms with Crippen LogP contribution in [0.2, 0.25) is 0 Å². The summed E-state index contributed by atoms with van der Waals surface area (Å²) in [5, 5.41) is 8.40. The van der Waals surface area contributed by atoms with Crippen LogP contribution < -0.4 is 0 Å². The van der Waals surface area contributed by atoms with Gasteiger partial charge in [-0.1, -0.05) is 30.9 Å². The van der Waals surface area contributed by atoms with Crippen LogP contribution in [0, 0.1) is 5.92 Å². The first-order valence-corrected chi connectivity index (χ1v) is 10.6. The number of likely N-dealkylation sites (tertiary alicyclic amines) is 1. The summed E-state index contributed by atoms with van der Waals surface area (Å²) in [5.41, 5.74) is 0.438. The van der Waals surface area contributed by atoms with E-state index in [-0.39, 0.29) is 17.7 Å². The van der Waals surface area contributed by atoms with E-state index in [1.165, 1.54) is 25.7 Å². The van der Waals surface area contributed by atoms with Crippen LogP contribution in [-0.4, -0.2) is 62.8 Å². The van der Waals surface area contributed by atoms with Crippen LogP contribution in [0.1, 0.15) is 81.7 Å². The molecule has 1 aromatic heterocycles. The zero-order chi connectivity index (χ0) is 19.2. The Hall–Kier alpha value is -1.92. The molecule has 0 bridgehead atoms. The number of amides is 2. The van der Waals surface area contributed by atoms with Gasteiger partial charge < -0.3 is 9.80 Å². The van der Waals surface area contributed by atoms with Crippen LogP contribution in [0.15, 0.2) is 6.20 Å². The number of rotatable bonds is 5. The molecule has 7 heteroatoms. The molecule has 3 rings (SSSR count). The largest absolute Gasteiger partial charge is 0.343 e. The third-order valence-corrected chi connectivity index (χ3v) is 6.13. The second-order valence-corrected chi connectivity index (χ2v) is 7.81. The second kappa shape index (κ2) is 9.33. The molecule has 0 aromatic carbocycles. The van der Waals surface area contributed by atoms with Gasteiger partial charge in [-0.3, -0.25) is 9.59 Å². The predicted octanol–water partition coefficient (Wildman–Crippen LogP) is 2.89. The molecule has 7 nitrogen and oxygen atoms in total. The van der Waals surface area contributed by atoms with E-state index in [1.807, 2.05) is 34.5 Å². The zero-order valence-corrected chi connectivity index (χ0v) is 16.8. The van der Waals surface area contributed by atoms with Gasteiger partial charge in [-0.05, 0) is 39.5 Å². The molecular formula is C20H33N5O2. The minimum Gasteiger partial charge on any atom is -0.343 e. The van der Waals surface area contributed by atoms with Crippen LogP contribution in [0.3, 0.4) is 0 Å². The summed E-state index contributed by atoms with van der Waals surface area (Å²) < 4.78 is 1.90. The lowest BCUT2D eigenvalue weighted by Gasteiger charge is -2.33. The number of carbonyl (C=O) groups is 2. The molecule has 0 unspecified atom stereocenters. The van der Waals surface area contributed by atoms with Gasteiger partial charge in [-0.25, -0.2) is 4.68 Å². The first-order chi connectivity index (χ1) is 13.1. The van der Waals surface area contributed by atoms with E-state index < -0.39 is 0 Å². The maximum absolute atomic E-state index is 12.8. The molecule has 2 amide bonds. The molecule has 0 N–H and O–H groups in total. The number of aromatic nitrogens is 3. The monoisotopic (exact) mass is 375 g/mol. The fraction of sp³-hybridized carbons (Fsp3) is 0.800. The highest BCUT2D eigenvalue weighted by molar-refractivity contribution is 5.92. The Morgan fingerprint density at radius 1 is 1.04 bits per heavy atom. The minimum atomic E-state index is -0.0522. The molecule has 0 spiro atoms. The summed E-state index contributed by atoms with van der Waals surface area (Å²) in [5.74, 6) is 0.214. The Labute approximate surface area is 162 Å². The van der Waals surface area contributed by atoms with E-state index >= 15 is 0 Å². The molecule has 1 saturated heterocycles. The third kappa shape index (κ3) is 4.68. The van der Waals surface area contributed by atoms with E-state index in [4.69, 9.17) is 0 Å². The quantitative estimate of drug-likeness (QED) is 0.742. The summed E-state index contributed by atoms with van der Waals surface area (Å²) in [6.45, 7) is 6.76. The lowest BCUT2D eigenvalue weighted by atomic mass is 9.95. The Morgan fingerprint density at radius 3 is 2.26 bits per heavy atom. The highest BCUT2D eigenvalue weighted by atomic mass is 16.2. The molecule has 2 aliphatic rings. The van der Waals surface area contributed by atoms with Crippen molar-refractivity contribution < 1.29 is 9.59 Å². The van der Waals surface area contributed by atoms with Crippen LogP contribution in [0.25, 0.3) is 0 Å². The van der Waals surface area contributed by atoms with Crippen molar-refractivity contribution in [3.63, 3.8) is 0 Å². The van der Waals surface area contributed by atoms with E-state index in [0.29, 0.717) is 24.8 Å². The Kier molecular flexibility index (Phi) is 6.85. The van der Waals surface area contributed by atoms with Gasteiger partial charge >= 0.3 is 0 Å². The molecule has 0 radical (unpaired) electrons. The van der Waals surface area contributed by atoms with Crippen molar-refractivity contribution in [1.29, 1.82) is 0 Å². The molecule has 2 fully saturated rings. The molecule has 150 valence electrons. The summed E-state index contributed by atoms with van der Waals surface area (Å²) in [7, 11) is 0. The van der Waals surface area contributed by atoms with Gasteiger partial charge in [0.15, 0.2) is 5.69 Å². The number of carbonyl (C=O) groups excluding carboxylic acids is 2. The van der Waals surface area contributed by atoms with E-state index in [1.54, 1.807) is 0 Å². The molecule has 2 heterocycles. The highest BCUT2D eigenvalue weighted by Crippen LogP contribution is 2.27. The van der Waals surface area contributed by atoms with Crippen LogP contribution >= 0.6 is 0 Å². The van der Waals surface area contributed by atoms with Gasteiger partial charge in [0, 0.05) is 32.1 Å². The first kappa shape index (κ1) is 19.8. The van der Waals surface area contributed by atoms with Crippen molar-refractivity contribution in [2.75, 3.05) is 26.2 Å². The van der Waals surface area contributed by atoms with Crippen LogP contribution in [-0.2, 0) is 4.79 Å². The standard InChI is InChI=1S/C20H33N5O2/c1-3-23(4-2)19(26)16-11-13-24(14-12-16)20(27)18-15-25(22-21-18)17-9-7-5-6-8-10-17/h15-17H,3-14H2,1-2H3. The summed E-state index contributed by atoms with van der Waals surface area (Å²) in [4.78, 5) is 29.0. The van der Waals surface area contributed by atoms with Crippen molar-refractivity contribution in [3.8, 4) is 0 Å². The van der Waals surface area contributed by atoms with Gasteiger partial charge in [-0.15, -0.1) is 5.10 Å². The van der Waals surface area contributed by atoms with Crippen LogP contribution in [0.4, 0.5) is 0 Å². The molecule has 0 atom stereocenters. The maximum Gasteiger partial charge on any atom is 0.276 e. The molecule has 1 aliphatic carbocycles. The minimum absolute atomic E-state index is 0.0376. The topological polar surface area (TPSA) is 71.3 Å². The Morgan fingerprint density at radius 2 is 1.67 bits per heavy atom. The SMILES string of the molecule is CCN(CC)C(=O)C1CCN(C(=O)c2cn(C3CCCCCC3)nn2)CC1. The Balaban J connectivity index is 1.56. The average Bonchev–Trinajstić information content (AvgIpc) is 3.04. The molecular weight excluding hydrogens is 342 g/mol. The average molecular weight is 376 g/mol. The summed E-state index contributed by atoms with van der Waals surface area (Å²) >= 11 is 0. The molecule has 1 aromatic rings. The number of nitrogens with zero attached hydrogens (tertiary/aromatic N) is 5. The summed E-state index contributed by atoms with van der Waals surface area (Å²) in [6.07, 6.45) is 10.6. The normalized spacial score (nSPS) is 19.7. The van der Waals surface area contributed by atoms with Gasteiger partial charge in [0.1, 0.15) is 0 Å².